The molecule has 0 saturated heterocycles. The summed E-state index contributed by atoms with van der Waals surface area (Å²) in [7, 11) is 0. The maximum Gasteiger partial charge on any atom is 0.220 e. The molecule has 0 fully saturated rings. The third-order valence-electron chi connectivity index (χ3n) is 7.14. The molecule has 38 heavy (non-hydrogen) atoms. The van der Waals surface area contributed by atoms with Crippen LogP contribution in [0.5, 0.6) is 0 Å². The normalized spacial score (nSPS) is 12.4. The van der Waals surface area contributed by atoms with Gasteiger partial charge in [0.2, 0.25) is 11.1 Å². The Morgan fingerprint density at radius 2 is 1.82 bits per heavy atom. The van der Waals surface area contributed by atoms with E-state index in [1.807, 2.05) is 6.07 Å². The van der Waals surface area contributed by atoms with Crippen LogP contribution in [0.4, 0.5) is 0 Å². The largest absolute Gasteiger partial charge is 0.354 e. The zero-order valence-corrected chi connectivity index (χ0v) is 23.9. The molecule has 4 rings (SSSR count). The number of amides is 1. The molecule has 4 aromatic rings. The van der Waals surface area contributed by atoms with Crippen molar-refractivity contribution < 1.29 is 4.79 Å². The summed E-state index contributed by atoms with van der Waals surface area (Å²) >= 11 is 1.56. The Balaban J connectivity index is 1.34. The first-order valence-electron chi connectivity index (χ1n) is 13.8. The third kappa shape index (κ3) is 7.11. The fourth-order valence-electron chi connectivity index (χ4n) is 4.84. The average Bonchev–Trinajstić information content (AvgIpc) is 3.23. The van der Waals surface area contributed by atoms with Crippen molar-refractivity contribution in [3.63, 3.8) is 0 Å². The molecule has 2 aromatic heterocycles. The lowest BCUT2D eigenvalue weighted by Crippen LogP contribution is -2.33. The zero-order valence-electron chi connectivity index (χ0n) is 23.1. The van der Waals surface area contributed by atoms with E-state index in [0.29, 0.717) is 11.6 Å². The van der Waals surface area contributed by atoms with E-state index in [9.17, 15) is 4.79 Å². The van der Waals surface area contributed by atoms with Crippen LogP contribution in [0, 0.1) is 6.92 Å². The number of fused-ring (bicyclic) bond motifs is 3. The monoisotopic (exact) mass is 532 g/mol. The number of rotatable bonds is 14. The van der Waals surface area contributed by atoms with E-state index in [-0.39, 0.29) is 11.9 Å². The van der Waals surface area contributed by atoms with E-state index in [0.717, 1.165) is 73.3 Å². The van der Waals surface area contributed by atoms with Crippen LogP contribution in [-0.2, 0) is 11.3 Å². The van der Waals surface area contributed by atoms with E-state index < -0.39 is 0 Å². The smallest absolute Gasteiger partial charge is 0.220 e. The van der Waals surface area contributed by atoms with Crippen LogP contribution in [0.25, 0.3) is 22.1 Å². The molecule has 1 unspecified atom stereocenters. The Labute approximate surface area is 230 Å². The van der Waals surface area contributed by atoms with Crippen molar-refractivity contribution in [2.75, 3.05) is 25.4 Å². The Morgan fingerprint density at radius 1 is 1.05 bits per heavy atom. The highest BCUT2D eigenvalue weighted by molar-refractivity contribution is 7.99. The van der Waals surface area contributed by atoms with Gasteiger partial charge in [0, 0.05) is 30.1 Å². The number of hydrogen-bond acceptors (Lipinski definition) is 6. The summed E-state index contributed by atoms with van der Waals surface area (Å²) in [5.74, 6) is 0.892. The maximum absolute atomic E-state index is 12.4. The second kappa shape index (κ2) is 13.7. The van der Waals surface area contributed by atoms with Gasteiger partial charge < -0.3 is 14.8 Å². The zero-order chi connectivity index (χ0) is 26.9. The minimum absolute atomic E-state index is 0.119. The van der Waals surface area contributed by atoms with E-state index in [4.69, 9.17) is 4.98 Å². The topological polar surface area (TPSA) is 75.9 Å². The van der Waals surface area contributed by atoms with Gasteiger partial charge in [-0.1, -0.05) is 68.1 Å². The van der Waals surface area contributed by atoms with Crippen LogP contribution in [-0.4, -0.2) is 62.0 Å². The highest BCUT2D eigenvalue weighted by Crippen LogP contribution is 2.28. The first-order chi connectivity index (χ1) is 18.5. The molecule has 2 heterocycles. The fraction of sp³-hybridized carbons (Fsp3) is 0.467. The number of benzene rings is 2. The lowest BCUT2D eigenvalue weighted by molar-refractivity contribution is -0.121. The van der Waals surface area contributed by atoms with Crippen molar-refractivity contribution in [2.24, 2.45) is 0 Å². The van der Waals surface area contributed by atoms with Gasteiger partial charge in [0.05, 0.1) is 5.52 Å². The number of nitrogens with zero attached hydrogens (tertiary/aromatic N) is 5. The van der Waals surface area contributed by atoms with Crippen LogP contribution >= 0.6 is 11.8 Å². The van der Waals surface area contributed by atoms with Crippen molar-refractivity contribution in [1.82, 2.24) is 30.0 Å². The number of carbonyl (C=O) groups excluding carboxylic acids is 1. The number of carbonyl (C=O) groups is 1. The predicted molar refractivity (Wildman–Crippen MR) is 158 cm³/mol. The van der Waals surface area contributed by atoms with E-state index in [2.05, 4.69) is 95.1 Å². The molecule has 0 spiro atoms. The summed E-state index contributed by atoms with van der Waals surface area (Å²) in [6, 6.07) is 16.9. The predicted octanol–water partition coefficient (Wildman–Crippen LogP) is 5.84. The van der Waals surface area contributed by atoms with Gasteiger partial charge in [-0.15, -0.1) is 10.2 Å². The minimum atomic E-state index is 0.119. The molecule has 0 bridgehead atoms. The second-order valence-electron chi connectivity index (χ2n) is 9.89. The molecule has 0 aliphatic rings. The molecule has 2 aromatic carbocycles. The molecule has 1 atom stereocenters. The molecule has 0 radical (unpaired) electrons. The lowest BCUT2D eigenvalue weighted by Gasteiger charge is -2.19. The molecule has 7 nitrogen and oxygen atoms in total. The number of thioether (sulfide) groups is 1. The van der Waals surface area contributed by atoms with Crippen molar-refractivity contribution in [3.05, 3.63) is 59.7 Å². The van der Waals surface area contributed by atoms with Crippen LogP contribution in [0.2, 0.25) is 0 Å². The summed E-state index contributed by atoms with van der Waals surface area (Å²) in [6.45, 7) is 12.6. The van der Waals surface area contributed by atoms with E-state index in [1.165, 1.54) is 11.1 Å². The van der Waals surface area contributed by atoms with Gasteiger partial charge in [-0.3, -0.25) is 4.79 Å². The quantitative estimate of drug-likeness (QED) is 0.163. The molecule has 1 amide bonds. The molecule has 1 N–H and O–H groups in total. The molecule has 0 aliphatic heterocycles. The number of aryl methyl sites for hydroxylation is 1. The standard InChI is InChI=1S/C30H40N6OS/c1-5-35(6-2)19-11-14-23(4)31-27(37)18-12-20-38-30-32-29-28(33-34-30)25-16-9-10-17-26(25)36(29)21-24-15-8-7-13-22(24)3/h7-10,13,15-17,23H,5-6,11-12,14,18-21H2,1-4H3,(H,31,37). The van der Waals surface area contributed by atoms with Crippen molar-refractivity contribution in [3.8, 4) is 0 Å². The number of para-hydroxylation sites is 1. The third-order valence-corrected chi connectivity index (χ3v) is 8.06. The Morgan fingerprint density at radius 3 is 2.61 bits per heavy atom. The number of hydrogen-bond donors (Lipinski definition) is 1. The highest BCUT2D eigenvalue weighted by atomic mass is 32.2. The summed E-state index contributed by atoms with van der Waals surface area (Å²) in [5.41, 5.74) is 5.30. The summed E-state index contributed by atoms with van der Waals surface area (Å²) in [4.78, 5) is 19.7. The van der Waals surface area contributed by atoms with Crippen molar-refractivity contribution >= 4 is 39.7 Å². The summed E-state index contributed by atoms with van der Waals surface area (Å²) in [5, 5.41) is 13.8. The number of aromatic nitrogens is 4. The molecular formula is C30H40N6OS. The Bertz CT molecular complexity index is 1350. The van der Waals surface area contributed by atoms with Gasteiger partial charge in [0.25, 0.3) is 0 Å². The van der Waals surface area contributed by atoms with Gasteiger partial charge in [-0.25, -0.2) is 4.98 Å². The first-order valence-corrected chi connectivity index (χ1v) is 14.8. The first kappa shape index (κ1) is 28.0. The van der Waals surface area contributed by atoms with Crippen molar-refractivity contribution in [2.45, 2.75) is 71.1 Å². The highest BCUT2D eigenvalue weighted by Gasteiger charge is 2.16. The van der Waals surface area contributed by atoms with Crippen LogP contribution < -0.4 is 5.32 Å². The fourth-order valence-corrected chi connectivity index (χ4v) is 5.57. The van der Waals surface area contributed by atoms with Crippen LogP contribution in [0.15, 0.2) is 53.7 Å². The summed E-state index contributed by atoms with van der Waals surface area (Å²) in [6.07, 6.45) is 3.40. The van der Waals surface area contributed by atoms with E-state index in [1.54, 1.807) is 11.8 Å². The Hall–Kier alpha value is -2.97. The van der Waals surface area contributed by atoms with Gasteiger partial charge in [-0.2, -0.15) is 0 Å². The second-order valence-corrected chi connectivity index (χ2v) is 10.9. The SMILES string of the molecule is CCN(CC)CCCC(C)NC(=O)CCCSc1nnc2c3ccccc3n(Cc3ccccc3C)c2n1. The number of nitrogens with one attached hydrogen (secondary N) is 1. The molecule has 0 aliphatic carbocycles. The lowest BCUT2D eigenvalue weighted by atomic mass is 10.1. The average molecular weight is 533 g/mol. The molecule has 202 valence electrons. The van der Waals surface area contributed by atoms with Gasteiger partial charge in [0.15, 0.2) is 5.65 Å². The van der Waals surface area contributed by atoms with Crippen LogP contribution in [0.1, 0.15) is 57.6 Å². The molecular weight excluding hydrogens is 492 g/mol. The van der Waals surface area contributed by atoms with Crippen molar-refractivity contribution in [1.29, 1.82) is 0 Å². The summed E-state index contributed by atoms with van der Waals surface area (Å²) < 4.78 is 2.24. The van der Waals surface area contributed by atoms with E-state index >= 15 is 0 Å². The Kier molecular flexibility index (Phi) is 10.1. The van der Waals surface area contributed by atoms with Gasteiger partial charge >= 0.3 is 0 Å². The molecule has 0 saturated carbocycles. The van der Waals surface area contributed by atoms with Gasteiger partial charge in [0.1, 0.15) is 5.52 Å². The minimum Gasteiger partial charge on any atom is -0.354 e. The molecule has 8 heteroatoms. The van der Waals surface area contributed by atoms with Crippen LogP contribution in [0.3, 0.4) is 0 Å². The van der Waals surface area contributed by atoms with Gasteiger partial charge in [-0.05, 0) is 69.9 Å². The maximum atomic E-state index is 12.4.